The van der Waals surface area contributed by atoms with E-state index in [2.05, 4.69) is 25.3 Å². The van der Waals surface area contributed by atoms with Crippen LogP contribution in [0, 0.1) is 6.92 Å². The number of anilines is 1. The first-order chi connectivity index (χ1) is 12.7. The van der Waals surface area contributed by atoms with E-state index >= 15 is 0 Å². The number of hydrogen-bond acceptors (Lipinski definition) is 6. The molecule has 26 heavy (non-hydrogen) atoms. The molecule has 0 atom stereocenters. The third kappa shape index (κ3) is 3.19. The topological polar surface area (TPSA) is 89.6 Å². The minimum absolute atomic E-state index is 0.667. The molecule has 0 amide bonds. The maximum atomic E-state index is 5.80. The molecule has 4 rings (SSSR count). The van der Waals surface area contributed by atoms with Crippen molar-refractivity contribution in [2.45, 2.75) is 13.3 Å². The van der Waals surface area contributed by atoms with Crippen molar-refractivity contribution in [2.24, 2.45) is 0 Å². The largest absolute Gasteiger partial charge is 0.397 e. The monoisotopic (exact) mass is 344 g/mol. The SMILES string of the molecule is Cc1cnc(-c2ccncc2C2=C(c3ccc(N)cn3)CCNC2)nc1. The van der Waals surface area contributed by atoms with Crippen molar-refractivity contribution < 1.29 is 0 Å². The minimum atomic E-state index is 0.667. The molecule has 0 fully saturated rings. The number of nitrogen functional groups attached to an aromatic ring is 1. The number of rotatable bonds is 3. The Morgan fingerprint density at radius 2 is 1.77 bits per heavy atom. The number of nitrogens with two attached hydrogens (primary N) is 1. The average molecular weight is 344 g/mol. The van der Waals surface area contributed by atoms with Gasteiger partial charge in [-0.05, 0) is 54.8 Å². The van der Waals surface area contributed by atoms with Crippen LogP contribution in [-0.2, 0) is 0 Å². The Labute approximate surface area is 152 Å². The molecule has 1 aliphatic rings. The van der Waals surface area contributed by atoms with Crippen molar-refractivity contribution >= 4 is 16.8 Å². The van der Waals surface area contributed by atoms with Crippen LogP contribution < -0.4 is 11.1 Å². The first kappa shape index (κ1) is 16.4. The summed E-state index contributed by atoms with van der Waals surface area (Å²) in [6.45, 7) is 3.66. The molecule has 0 bridgehead atoms. The normalized spacial score (nSPS) is 14.5. The molecule has 0 saturated carbocycles. The predicted molar refractivity (Wildman–Crippen MR) is 103 cm³/mol. The van der Waals surface area contributed by atoms with Gasteiger partial charge in [-0.2, -0.15) is 0 Å². The van der Waals surface area contributed by atoms with Gasteiger partial charge in [0.1, 0.15) is 0 Å². The number of pyridine rings is 2. The highest BCUT2D eigenvalue weighted by atomic mass is 14.9. The fraction of sp³-hybridized carbons (Fsp3) is 0.200. The van der Waals surface area contributed by atoms with Crippen LogP contribution in [0.2, 0.25) is 0 Å². The number of aromatic nitrogens is 4. The fourth-order valence-corrected chi connectivity index (χ4v) is 3.17. The van der Waals surface area contributed by atoms with E-state index in [0.717, 1.165) is 41.9 Å². The van der Waals surface area contributed by atoms with E-state index in [9.17, 15) is 0 Å². The molecule has 0 saturated heterocycles. The molecule has 0 spiro atoms. The lowest BCUT2D eigenvalue weighted by Crippen LogP contribution is -2.24. The molecule has 6 nitrogen and oxygen atoms in total. The second-order valence-electron chi connectivity index (χ2n) is 6.37. The van der Waals surface area contributed by atoms with Crippen LogP contribution >= 0.6 is 0 Å². The molecule has 3 aromatic rings. The van der Waals surface area contributed by atoms with Crippen molar-refractivity contribution in [3.63, 3.8) is 0 Å². The van der Waals surface area contributed by atoms with Crippen LogP contribution in [0.1, 0.15) is 23.2 Å². The van der Waals surface area contributed by atoms with Crippen LogP contribution in [0.25, 0.3) is 22.5 Å². The molecule has 1 aliphatic heterocycles. The number of nitrogens with zero attached hydrogens (tertiary/aromatic N) is 4. The molecule has 0 radical (unpaired) electrons. The van der Waals surface area contributed by atoms with Gasteiger partial charge in [0.15, 0.2) is 5.82 Å². The molecule has 4 heterocycles. The summed E-state index contributed by atoms with van der Waals surface area (Å²) in [7, 11) is 0. The summed E-state index contributed by atoms with van der Waals surface area (Å²) in [6.07, 6.45) is 9.94. The van der Waals surface area contributed by atoms with Crippen LogP contribution in [0.15, 0.2) is 49.2 Å². The summed E-state index contributed by atoms with van der Waals surface area (Å²) >= 11 is 0. The van der Waals surface area contributed by atoms with Crippen LogP contribution in [-0.4, -0.2) is 33.0 Å². The molecule has 0 aromatic carbocycles. The summed E-state index contributed by atoms with van der Waals surface area (Å²) < 4.78 is 0. The predicted octanol–water partition coefficient (Wildman–Crippen LogP) is 2.73. The second-order valence-corrected chi connectivity index (χ2v) is 6.37. The van der Waals surface area contributed by atoms with Gasteiger partial charge in [0.25, 0.3) is 0 Å². The zero-order chi connectivity index (χ0) is 17.9. The van der Waals surface area contributed by atoms with Crippen LogP contribution in [0.3, 0.4) is 0 Å². The highest BCUT2D eigenvalue weighted by Crippen LogP contribution is 2.34. The van der Waals surface area contributed by atoms with Crippen molar-refractivity contribution in [2.75, 3.05) is 18.8 Å². The lowest BCUT2D eigenvalue weighted by molar-refractivity contribution is 0.747. The van der Waals surface area contributed by atoms with E-state index in [-0.39, 0.29) is 0 Å². The summed E-state index contributed by atoms with van der Waals surface area (Å²) in [5.74, 6) is 0.704. The molecule has 130 valence electrons. The Balaban J connectivity index is 1.87. The quantitative estimate of drug-likeness (QED) is 0.759. The fourth-order valence-electron chi connectivity index (χ4n) is 3.17. The van der Waals surface area contributed by atoms with Crippen LogP contribution in [0.5, 0.6) is 0 Å². The summed E-state index contributed by atoms with van der Waals surface area (Å²) in [4.78, 5) is 17.9. The molecule has 3 aromatic heterocycles. The van der Waals surface area contributed by atoms with Crippen molar-refractivity contribution in [1.82, 2.24) is 25.3 Å². The zero-order valence-corrected chi connectivity index (χ0v) is 14.6. The van der Waals surface area contributed by atoms with Crippen LogP contribution in [0.4, 0.5) is 5.69 Å². The van der Waals surface area contributed by atoms with Crippen molar-refractivity contribution in [1.29, 1.82) is 0 Å². The van der Waals surface area contributed by atoms with Gasteiger partial charge in [-0.15, -0.1) is 0 Å². The van der Waals surface area contributed by atoms with Gasteiger partial charge in [-0.25, -0.2) is 9.97 Å². The van der Waals surface area contributed by atoms with E-state index < -0.39 is 0 Å². The molecular weight excluding hydrogens is 324 g/mol. The summed E-state index contributed by atoms with van der Waals surface area (Å²) in [5, 5.41) is 3.45. The number of hydrogen-bond donors (Lipinski definition) is 2. The Morgan fingerprint density at radius 1 is 0.923 bits per heavy atom. The Kier molecular flexibility index (Phi) is 4.41. The third-order valence-corrected chi connectivity index (χ3v) is 4.48. The number of aryl methyl sites for hydroxylation is 1. The zero-order valence-electron chi connectivity index (χ0n) is 14.6. The number of nitrogens with one attached hydrogen (secondary N) is 1. The maximum Gasteiger partial charge on any atom is 0.159 e. The van der Waals surface area contributed by atoms with Gasteiger partial charge in [-0.3, -0.25) is 9.97 Å². The van der Waals surface area contributed by atoms with Gasteiger partial charge in [-0.1, -0.05) is 0 Å². The van der Waals surface area contributed by atoms with Crippen molar-refractivity contribution in [3.05, 3.63) is 66.0 Å². The van der Waals surface area contributed by atoms with Gasteiger partial charge < -0.3 is 11.1 Å². The second kappa shape index (κ2) is 7.01. The lowest BCUT2D eigenvalue weighted by Gasteiger charge is -2.23. The minimum Gasteiger partial charge on any atom is -0.397 e. The molecule has 0 unspecified atom stereocenters. The molecule has 6 heteroatoms. The standard InChI is InChI=1S/C20H20N6/c1-13-8-25-20(26-9-13)16-5-7-23-12-18(16)17-11-22-6-4-15(17)19-3-2-14(21)10-24-19/h2-3,5,7-10,12,22H,4,6,11,21H2,1H3. The Hall–Kier alpha value is -3.12. The Morgan fingerprint density at radius 3 is 2.54 bits per heavy atom. The van der Waals surface area contributed by atoms with Crippen molar-refractivity contribution in [3.8, 4) is 11.4 Å². The highest BCUT2D eigenvalue weighted by molar-refractivity contribution is 5.95. The van der Waals surface area contributed by atoms with E-state index in [1.807, 2.05) is 43.7 Å². The van der Waals surface area contributed by atoms with Gasteiger partial charge in [0.2, 0.25) is 0 Å². The van der Waals surface area contributed by atoms with E-state index in [4.69, 9.17) is 5.73 Å². The average Bonchev–Trinajstić information content (AvgIpc) is 2.69. The summed E-state index contributed by atoms with van der Waals surface area (Å²) in [5.41, 5.74) is 12.9. The van der Waals surface area contributed by atoms with E-state index in [1.54, 1.807) is 12.4 Å². The smallest absolute Gasteiger partial charge is 0.159 e. The van der Waals surface area contributed by atoms with E-state index in [1.165, 1.54) is 11.1 Å². The lowest BCUT2D eigenvalue weighted by atomic mass is 9.90. The van der Waals surface area contributed by atoms with Gasteiger partial charge in [0.05, 0.1) is 17.6 Å². The maximum absolute atomic E-state index is 5.80. The third-order valence-electron chi connectivity index (χ3n) is 4.48. The first-order valence-electron chi connectivity index (χ1n) is 8.60. The molecule has 3 N–H and O–H groups in total. The first-order valence-corrected chi connectivity index (χ1v) is 8.60. The van der Waals surface area contributed by atoms with Gasteiger partial charge in [0, 0.05) is 42.5 Å². The molecule has 0 aliphatic carbocycles. The Bertz CT molecular complexity index is 945. The summed E-state index contributed by atoms with van der Waals surface area (Å²) in [6, 6.07) is 5.84. The van der Waals surface area contributed by atoms with Gasteiger partial charge >= 0.3 is 0 Å². The highest BCUT2D eigenvalue weighted by Gasteiger charge is 2.20. The molecular formula is C20H20N6. The van der Waals surface area contributed by atoms with E-state index in [0.29, 0.717) is 11.5 Å².